The van der Waals surface area contributed by atoms with Crippen molar-refractivity contribution in [2.45, 2.75) is 38.0 Å². The second kappa shape index (κ2) is 6.02. The van der Waals surface area contributed by atoms with E-state index >= 15 is 0 Å². The van der Waals surface area contributed by atoms with E-state index < -0.39 is 0 Å². The molecule has 0 unspecified atom stereocenters. The SMILES string of the molecule is Cc1ccc(C(=O)NCC2(c3ccsc3)CCCC2)cc1. The molecule has 1 amide bonds. The normalized spacial score (nSPS) is 16.8. The van der Waals surface area contributed by atoms with E-state index in [4.69, 9.17) is 0 Å². The van der Waals surface area contributed by atoms with E-state index in [1.54, 1.807) is 11.3 Å². The number of rotatable bonds is 4. The number of thiophene rings is 1. The van der Waals surface area contributed by atoms with Gasteiger partial charge in [0.15, 0.2) is 0 Å². The van der Waals surface area contributed by atoms with Gasteiger partial charge in [0.25, 0.3) is 5.91 Å². The molecule has 1 aliphatic rings. The Morgan fingerprint density at radius 1 is 1.19 bits per heavy atom. The van der Waals surface area contributed by atoms with Crippen molar-refractivity contribution in [2.24, 2.45) is 0 Å². The monoisotopic (exact) mass is 299 g/mol. The predicted octanol–water partition coefficient (Wildman–Crippen LogP) is 4.30. The molecule has 1 aliphatic carbocycles. The van der Waals surface area contributed by atoms with E-state index in [9.17, 15) is 4.79 Å². The van der Waals surface area contributed by atoms with Gasteiger partial charge in [0, 0.05) is 17.5 Å². The Balaban J connectivity index is 1.70. The van der Waals surface area contributed by atoms with Crippen LogP contribution < -0.4 is 5.32 Å². The van der Waals surface area contributed by atoms with Crippen molar-refractivity contribution in [2.75, 3.05) is 6.54 Å². The van der Waals surface area contributed by atoms with E-state index in [1.807, 2.05) is 31.2 Å². The van der Waals surface area contributed by atoms with Crippen LogP contribution in [0.15, 0.2) is 41.1 Å². The molecule has 0 spiro atoms. The smallest absolute Gasteiger partial charge is 0.251 e. The molecule has 1 heterocycles. The Labute approximate surface area is 130 Å². The molecule has 1 aromatic carbocycles. The Morgan fingerprint density at radius 2 is 1.90 bits per heavy atom. The van der Waals surface area contributed by atoms with Crippen LogP contribution in [0.1, 0.15) is 47.2 Å². The van der Waals surface area contributed by atoms with Gasteiger partial charge in [-0.05, 0) is 54.3 Å². The van der Waals surface area contributed by atoms with Crippen LogP contribution in [0, 0.1) is 6.92 Å². The second-order valence-electron chi connectivity index (χ2n) is 6.05. The van der Waals surface area contributed by atoms with Crippen LogP contribution >= 0.6 is 11.3 Å². The number of hydrogen-bond acceptors (Lipinski definition) is 2. The molecule has 2 aromatic rings. The molecule has 0 radical (unpaired) electrons. The standard InChI is InChI=1S/C18H21NOS/c1-14-4-6-15(7-5-14)17(20)19-13-18(9-2-3-10-18)16-8-11-21-12-16/h4-8,11-12H,2-3,9-10,13H2,1H3,(H,19,20). The van der Waals surface area contributed by atoms with Gasteiger partial charge in [-0.2, -0.15) is 11.3 Å². The predicted molar refractivity (Wildman–Crippen MR) is 88.0 cm³/mol. The summed E-state index contributed by atoms with van der Waals surface area (Å²) in [5, 5.41) is 7.53. The second-order valence-corrected chi connectivity index (χ2v) is 6.83. The van der Waals surface area contributed by atoms with E-state index in [2.05, 4.69) is 22.1 Å². The Kier molecular flexibility index (Phi) is 4.11. The lowest BCUT2D eigenvalue weighted by molar-refractivity contribution is 0.0943. The van der Waals surface area contributed by atoms with Crippen molar-refractivity contribution in [3.63, 3.8) is 0 Å². The number of amides is 1. The molecule has 0 atom stereocenters. The van der Waals surface area contributed by atoms with Crippen LogP contribution in [0.5, 0.6) is 0 Å². The highest BCUT2D eigenvalue weighted by atomic mass is 32.1. The van der Waals surface area contributed by atoms with Gasteiger partial charge in [-0.15, -0.1) is 0 Å². The van der Waals surface area contributed by atoms with Gasteiger partial charge < -0.3 is 5.32 Å². The molecular weight excluding hydrogens is 278 g/mol. The molecule has 1 fully saturated rings. The maximum Gasteiger partial charge on any atom is 0.251 e. The van der Waals surface area contributed by atoms with Crippen LogP contribution in [0.2, 0.25) is 0 Å². The average Bonchev–Trinajstić information content (AvgIpc) is 3.17. The van der Waals surface area contributed by atoms with Crippen LogP contribution in [-0.2, 0) is 5.41 Å². The first-order valence-corrected chi connectivity index (χ1v) is 8.51. The summed E-state index contributed by atoms with van der Waals surface area (Å²) in [6.45, 7) is 2.78. The minimum absolute atomic E-state index is 0.0384. The van der Waals surface area contributed by atoms with Gasteiger partial charge in [-0.3, -0.25) is 4.79 Å². The summed E-state index contributed by atoms with van der Waals surface area (Å²) in [7, 11) is 0. The van der Waals surface area contributed by atoms with Gasteiger partial charge >= 0.3 is 0 Å². The fourth-order valence-corrected chi connectivity index (χ4v) is 4.02. The van der Waals surface area contributed by atoms with Crippen molar-refractivity contribution in [1.82, 2.24) is 5.32 Å². The number of benzene rings is 1. The van der Waals surface area contributed by atoms with Crippen molar-refractivity contribution in [3.05, 3.63) is 57.8 Å². The first kappa shape index (κ1) is 14.3. The number of carbonyl (C=O) groups is 1. The van der Waals surface area contributed by atoms with Crippen LogP contribution in [0.4, 0.5) is 0 Å². The lowest BCUT2D eigenvalue weighted by Gasteiger charge is -2.28. The van der Waals surface area contributed by atoms with E-state index in [0.717, 1.165) is 12.1 Å². The number of aryl methyl sites for hydroxylation is 1. The molecule has 2 nitrogen and oxygen atoms in total. The summed E-state index contributed by atoms with van der Waals surface area (Å²) >= 11 is 1.74. The molecule has 21 heavy (non-hydrogen) atoms. The Morgan fingerprint density at radius 3 is 2.52 bits per heavy atom. The first-order chi connectivity index (χ1) is 10.2. The molecule has 3 rings (SSSR count). The third kappa shape index (κ3) is 3.03. The highest BCUT2D eigenvalue weighted by Crippen LogP contribution is 2.41. The molecule has 3 heteroatoms. The minimum Gasteiger partial charge on any atom is -0.351 e. The van der Waals surface area contributed by atoms with Gasteiger partial charge in [0.05, 0.1) is 0 Å². The van der Waals surface area contributed by atoms with Crippen molar-refractivity contribution in [1.29, 1.82) is 0 Å². The number of nitrogens with one attached hydrogen (secondary N) is 1. The van der Waals surface area contributed by atoms with Crippen LogP contribution in [0.25, 0.3) is 0 Å². The minimum atomic E-state index is 0.0384. The largest absolute Gasteiger partial charge is 0.351 e. The van der Waals surface area contributed by atoms with Gasteiger partial charge in [0.2, 0.25) is 0 Å². The highest BCUT2D eigenvalue weighted by molar-refractivity contribution is 7.08. The van der Waals surface area contributed by atoms with E-state index in [0.29, 0.717) is 0 Å². The maximum absolute atomic E-state index is 12.3. The molecule has 1 aromatic heterocycles. The quantitative estimate of drug-likeness (QED) is 0.896. The Bertz CT molecular complexity index is 595. The lowest BCUT2D eigenvalue weighted by atomic mass is 9.80. The third-order valence-electron chi connectivity index (χ3n) is 4.60. The van der Waals surface area contributed by atoms with Gasteiger partial charge in [-0.1, -0.05) is 30.5 Å². The third-order valence-corrected chi connectivity index (χ3v) is 5.28. The van der Waals surface area contributed by atoms with Crippen molar-refractivity contribution < 1.29 is 4.79 Å². The summed E-state index contributed by atoms with van der Waals surface area (Å²) in [5.41, 5.74) is 3.48. The molecule has 0 saturated heterocycles. The van der Waals surface area contributed by atoms with Crippen molar-refractivity contribution >= 4 is 17.2 Å². The Hall–Kier alpha value is -1.61. The van der Waals surface area contributed by atoms with E-state index in [-0.39, 0.29) is 11.3 Å². The number of carbonyl (C=O) groups excluding carboxylic acids is 1. The maximum atomic E-state index is 12.3. The van der Waals surface area contributed by atoms with E-state index in [1.165, 1.54) is 36.8 Å². The van der Waals surface area contributed by atoms with Gasteiger partial charge in [-0.25, -0.2) is 0 Å². The zero-order chi connectivity index (χ0) is 14.7. The molecular formula is C18H21NOS. The zero-order valence-corrected chi connectivity index (χ0v) is 13.2. The zero-order valence-electron chi connectivity index (χ0n) is 12.4. The summed E-state index contributed by atoms with van der Waals surface area (Å²) in [5.74, 6) is 0.0384. The summed E-state index contributed by atoms with van der Waals surface area (Å²) in [6.07, 6.45) is 4.88. The lowest BCUT2D eigenvalue weighted by Crippen LogP contribution is -2.38. The summed E-state index contributed by atoms with van der Waals surface area (Å²) in [4.78, 5) is 12.3. The van der Waals surface area contributed by atoms with Crippen LogP contribution in [0.3, 0.4) is 0 Å². The molecule has 0 aliphatic heterocycles. The fraction of sp³-hybridized carbons (Fsp3) is 0.389. The highest BCUT2D eigenvalue weighted by Gasteiger charge is 2.36. The fourth-order valence-electron chi connectivity index (χ4n) is 3.24. The molecule has 0 bridgehead atoms. The molecule has 1 saturated carbocycles. The average molecular weight is 299 g/mol. The van der Waals surface area contributed by atoms with Crippen molar-refractivity contribution in [3.8, 4) is 0 Å². The summed E-state index contributed by atoms with van der Waals surface area (Å²) in [6, 6.07) is 9.99. The first-order valence-electron chi connectivity index (χ1n) is 7.57. The summed E-state index contributed by atoms with van der Waals surface area (Å²) < 4.78 is 0. The molecule has 110 valence electrons. The molecule has 1 N–H and O–H groups in total. The van der Waals surface area contributed by atoms with Crippen LogP contribution in [-0.4, -0.2) is 12.5 Å². The topological polar surface area (TPSA) is 29.1 Å². The van der Waals surface area contributed by atoms with Gasteiger partial charge in [0.1, 0.15) is 0 Å². The number of hydrogen-bond donors (Lipinski definition) is 1.